The van der Waals surface area contributed by atoms with Gasteiger partial charge in [-0.2, -0.15) is 0 Å². The molecule has 160 valence electrons. The predicted molar refractivity (Wildman–Crippen MR) is 116 cm³/mol. The van der Waals surface area contributed by atoms with Crippen molar-refractivity contribution in [1.82, 2.24) is 0 Å². The fourth-order valence-corrected chi connectivity index (χ4v) is 4.22. The molecule has 1 atom stereocenters. The van der Waals surface area contributed by atoms with Crippen LogP contribution < -0.4 is 14.2 Å². The second-order valence-corrected chi connectivity index (χ2v) is 9.28. The molecule has 3 heterocycles. The van der Waals surface area contributed by atoms with Crippen LogP contribution in [0.5, 0.6) is 28.7 Å². The van der Waals surface area contributed by atoms with Crippen LogP contribution in [-0.4, -0.2) is 27.2 Å². The third kappa shape index (κ3) is 3.23. The van der Waals surface area contributed by atoms with Gasteiger partial charge in [-0.05, 0) is 52.0 Å². The highest BCUT2D eigenvalue weighted by molar-refractivity contribution is 6.02. The van der Waals surface area contributed by atoms with Crippen LogP contribution in [0.15, 0.2) is 30.4 Å². The molecule has 5 rings (SSSR count). The molecule has 6 heteroatoms. The first-order chi connectivity index (χ1) is 14.5. The molecule has 0 aromatic heterocycles. The third-order valence-electron chi connectivity index (χ3n) is 5.70. The number of fused-ring (bicyclic) bond motifs is 4. The van der Waals surface area contributed by atoms with Crippen molar-refractivity contribution in [1.29, 1.82) is 0 Å². The van der Waals surface area contributed by atoms with E-state index in [2.05, 4.69) is 0 Å². The van der Waals surface area contributed by atoms with Gasteiger partial charge in [0.2, 0.25) is 0 Å². The number of aromatic hydroxyl groups is 2. The summed E-state index contributed by atoms with van der Waals surface area (Å²) in [5.41, 5.74) is 1.51. The van der Waals surface area contributed by atoms with E-state index < -0.39 is 17.3 Å². The molecule has 2 aromatic rings. The Morgan fingerprint density at radius 3 is 2.35 bits per heavy atom. The number of Topliss-reactive ketones (excluding diaryl/α,β-unsaturated/α-hetero) is 1. The number of hydrogen-bond acceptors (Lipinski definition) is 6. The van der Waals surface area contributed by atoms with Crippen molar-refractivity contribution in [2.24, 2.45) is 0 Å². The van der Waals surface area contributed by atoms with E-state index in [1.165, 1.54) is 6.07 Å². The molecule has 0 aliphatic carbocycles. The second-order valence-electron chi connectivity index (χ2n) is 9.28. The van der Waals surface area contributed by atoms with Crippen LogP contribution in [0.1, 0.15) is 67.3 Å². The van der Waals surface area contributed by atoms with Gasteiger partial charge in [0.15, 0.2) is 5.78 Å². The molecule has 2 aromatic carbocycles. The van der Waals surface area contributed by atoms with E-state index in [1.807, 2.05) is 58.1 Å². The van der Waals surface area contributed by atoms with Gasteiger partial charge in [-0.25, -0.2) is 0 Å². The Labute approximate surface area is 180 Å². The number of ketones is 1. The number of phenols is 2. The molecular formula is C25H24O6. The van der Waals surface area contributed by atoms with Gasteiger partial charge in [0.1, 0.15) is 51.6 Å². The van der Waals surface area contributed by atoms with Gasteiger partial charge >= 0.3 is 0 Å². The van der Waals surface area contributed by atoms with Crippen molar-refractivity contribution >= 4 is 17.9 Å². The minimum Gasteiger partial charge on any atom is -0.508 e. The van der Waals surface area contributed by atoms with Gasteiger partial charge in [0.25, 0.3) is 0 Å². The predicted octanol–water partition coefficient (Wildman–Crippen LogP) is 5.17. The van der Waals surface area contributed by atoms with Gasteiger partial charge in [-0.15, -0.1) is 0 Å². The smallest absolute Gasteiger partial charge is 0.174 e. The summed E-state index contributed by atoms with van der Waals surface area (Å²) < 4.78 is 18.7. The van der Waals surface area contributed by atoms with Crippen LogP contribution in [-0.2, 0) is 0 Å². The maximum atomic E-state index is 12.9. The lowest BCUT2D eigenvalue weighted by Gasteiger charge is -2.36. The van der Waals surface area contributed by atoms with E-state index in [-0.39, 0.29) is 35.0 Å². The maximum Gasteiger partial charge on any atom is 0.174 e. The number of rotatable bonds is 1. The lowest BCUT2D eigenvalue weighted by molar-refractivity contribution is 0.0831. The number of ether oxygens (including phenoxy) is 3. The Hall–Kier alpha value is -3.41. The SMILES string of the molecule is CC1(C)C=Cc2cc([C@@H]3CC(=O)c4c(O)cc(O)cc4O3)c3c(c2O1)C=CC(C)(C)O3. The monoisotopic (exact) mass is 420 g/mol. The summed E-state index contributed by atoms with van der Waals surface area (Å²) in [5, 5.41) is 20.0. The minimum atomic E-state index is -0.633. The molecule has 0 saturated heterocycles. The fraction of sp³-hybridized carbons (Fsp3) is 0.320. The largest absolute Gasteiger partial charge is 0.508 e. The lowest BCUT2D eigenvalue weighted by atomic mass is 9.88. The summed E-state index contributed by atoms with van der Waals surface area (Å²) in [7, 11) is 0. The Kier molecular flexibility index (Phi) is 3.97. The highest BCUT2D eigenvalue weighted by Crippen LogP contribution is 2.50. The molecule has 0 amide bonds. The molecule has 0 saturated carbocycles. The second kappa shape index (κ2) is 6.30. The first kappa shape index (κ1) is 19.5. The summed E-state index contributed by atoms with van der Waals surface area (Å²) in [4.78, 5) is 12.9. The normalized spacial score (nSPS) is 21.8. The van der Waals surface area contributed by atoms with E-state index in [0.717, 1.165) is 28.5 Å². The van der Waals surface area contributed by atoms with E-state index in [9.17, 15) is 15.0 Å². The van der Waals surface area contributed by atoms with Gasteiger partial charge in [0.05, 0.1) is 12.0 Å². The van der Waals surface area contributed by atoms with Crippen molar-refractivity contribution in [3.63, 3.8) is 0 Å². The molecule has 3 aliphatic heterocycles. The zero-order valence-corrected chi connectivity index (χ0v) is 17.9. The average molecular weight is 420 g/mol. The molecule has 0 unspecified atom stereocenters. The van der Waals surface area contributed by atoms with E-state index in [4.69, 9.17) is 14.2 Å². The quantitative estimate of drug-likeness (QED) is 0.662. The Bertz CT molecular complexity index is 1190. The molecule has 0 bridgehead atoms. The van der Waals surface area contributed by atoms with E-state index in [0.29, 0.717) is 5.75 Å². The lowest BCUT2D eigenvalue weighted by Crippen LogP contribution is -2.32. The van der Waals surface area contributed by atoms with Crippen molar-refractivity contribution < 1.29 is 29.2 Å². The molecule has 0 spiro atoms. The zero-order chi connectivity index (χ0) is 22.1. The van der Waals surface area contributed by atoms with Crippen LogP contribution in [0.25, 0.3) is 12.2 Å². The highest BCUT2D eigenvalue weighted by atomic mass is 16.5. The topological polar surface area (TPSA) is 85.2 Å². The van der Waals surface area contributed by atoms with Crippen LogP contribution in [0.2, 0.25) is 0 Å². The Balaban J connectivity index is 1.67. The number of phenolic OH excluding ortho intramolecular Hbond substituents is 2. The first-order valence-corrected chi connectivity index (χ1v) is 10.3. The van der Waals surface area contributed by atoms with Crippen molar-refractivity contribution in [2.75, 3.05) is 0 Å². The first-order valence-electron chi connectivity index (χ1n) is 10.3. The molecule has 0 fully saturated rings. The molecule has 3 aliphatic rings. The third-order valence-corrected chi connectivity index (χ3v) is 5.70. The summed E-state index contributed by atoms with van der Waals surface area (Å²) in [5.74, 6) is 0.789. The standard InChI is InChI=1S/C25H24O6/c1-24(2)7-5-13-9-16(23-15(22(13)30-24)6-8-25(3,4)31-23)19-12-18(28)21-17(27)10-14(26)11-20(21)29-19/h5-11,19,26-27H,12H2,1-4H3/t19-/m0/s1. The molecule has 0 radical (unpaired) electrons. The molecule has 31 heavy (non-hydrogen) atoms. The summed E-state index contributed by atoms with van der Waals surface area (Å²) in [6.07, 6.45) is 7.37. The van der Waals surface area contributed by atoms with Crippen molar-refractivity contribution in [3.8, 4) is 28.7 Å². The fourth-order valence-electron chi connectivity index (χ4n) is 4.22. The minimum absolute atomic E-state index is 0.0418. The molecule has 6 nitrogen and oxygen atoms in total. The summed E-state index contributed by atoms with van der Waals surface area (Å²) in [6.45, 7) is 7.89. The number of carbonyl (C=O) groups is 1. The molecule has 2 N–H and O–H groups in total. The van der Waals surface area contributed by atoms with Crippen molar-refractivity contribution in [2.45, 2.75) is 51.4 Å². The van der Waals surface area contributed by atoms with Gasteiger partial charge in [-0.1, -0.05) is 6.08 Å². The van der Waals surface area contributed by atoms with Crippen LogP contribution in [0.3, 0.4) is 0 Å². The van der Waals surface area contributed by atoms with Gasteiger partial charge in [-0.3, -0.25) is 4.79 Å². The average Bonchev–Trinajstić information content (AvgIpc) is 2.65. The Morgan fingerprint density at radius 2 is 1.61 bits per heavy atom. The van der Waals surface area contributed by atoms with E-state index >= 15 is 0 Å². The number of hydrogen-bond donors (Lipinski definition) is 2. The van der Waals surface area contributed by atoms with Gasteiger partial charge in [0, 0.05) is 23.3 Å². The van der Waals surface area contributed by atoms with Gasteiger partial charge < -0.3 is 24.4 Å². The summed E-state index contributed by atoms with van der Waals surface area (Å²) in [6, 6.07) is 4.42. The van der Waals surface area contributed by atoms with Crippen LogP contribution >= 0.6 is 0 Å². The zero-order valence-electron chi connectivity index (χ0n) is 17.9. The highest BCUT2D eigenvalue weighted by Gasteiger charge is 2.37. The maximum absolute atomic E-state index is 12.9. The molecular weight excluding hydrogens is 396 g/mol. The summed E-state index contributed by atoms with van der Waals surface area (Å²) >= 11 is 0. The van der Waals surface area contributed by atoms with E-state index in [1.54, 1.807) is 0 Å². The Morgan fingerprint density at radius 1 is 0.935 bits per heavy atom. The van der Waals surface area contributed by atoms with Crippen LogP contribution in [0, 0.1) is 0 Å². The van der Waals surface area contributed by atoms with Crippen LogP contribution in [0.4, 0.5) is 0 Å². The number of benzene rings is 2. The number of carbonyl (C=O) groups excluding carboxylic acids is 1. The van der Waals surface area contributed by atoms with Crippen molar-refractivity contribution in [3.05, 3.63) is 52.6 Å².